The Morgan fingerprint density at radius 2 is 1.63 bits per heavy atom. The Labute approximate surface area is 245 Å². The lowest BCUT2D eigenvalue weighted by Crippen LogP contribution is -2.45. The van der Waals surface area contributed by atoms with Crippen LogP contribution in [-0.4, -0.2) is 47.7 Å². The third-order valence-corrected chi connectivity index (χ3v) is 7.71. The fourth-order valence-electron chi connectivity index (χ4n) is 4.97. The van der Waals surface area contributed by atoms with Gasteiger partial charge in [0.25, 0.3) is 0 Å². The molecule has 2 aromatic carbocycles. The van der Waals surface area contributed by atoms with Gasteiger partial charge in [-0.3, -0.25) is 14.5 Å². The van der Waals surface area contributed by atoms with Crippen molar-refractivity contribution in [3.8, 4) is 0 Å². The Kier molecular flexibility index (Phi) is 8.59. The fraction of sp³-hybridized carbons (Fsp3) is 0.438. The maximum atomic E-state index is 14.1. The van der Waals surface area contributed by atoms with E-state index >= 15 is 0 Å². The molecular weight excluding hydrogens is 538 g/mol. The zero-order valence-electron chi connectivity index (χ0n) is 24.9. The van der Waals surface area contributed by atoms with E-state index in [9.17, 15) is 14.4 Å². The number of fused-ring (bicyclic) bond motifs is 2. The number of hydrogen-bond donors (Lipinski definition) is 1. The highest BCUT2D eigenvalue weighted by molar-refractivity contribution is 7.22. The number of hydrogen-bond acceptors (Lipinski definition) is 7. The van der Waals surface area contributed by atoms with Gasteiger partial charge in [-0.15, -0.1) is 0 Å². The van der Waals surface area contributed by atoms with Gasteiger partial charge in [0, 0.05) is 13.6 Å². The number of amides is 2. The Morgan fingerprint density at radius 3 is 2.24 bits per heavy atom. The van der Waals surface area contributed by atoms with Crippen molar-refractivity contribution in [2.24, 2.45) is 5.41 Å². The monoisotopic (exact) mass is 577 g/mol. The van der Waals surface area contributed by atoms with Crippen LogP contribution in [0.25, 0.3) is 16.3 Å². The summed E-state index contributed by atoms with van der Waals surface area (Å²) in [5.74, 6) is -0.527. The lowest BCUT2D eigenvalue weighted by molar-refractivity contribution is -0.159. The summed E-state index contributed by atoms with van der Waals surface area (Å²) in [6, 6.07) is 13.9. The molecule has 1 aromatic heterocycles. The molecule has 2 amide bonds. The molecule has 1 aliphatic rings. The molecule has 0 saturated carbocycles. The predicted octanol–water partition coefficient (Wildman–Crippen LogP) is 6.31. The Hall–Kier alpha value is -3.72. The average Bonchev–Trinajstić information content (AvgIpc) is 3.44. The highest BCUT2D eigenvalue weighted by Crippen LogP contribution is 2.43. The SMILES string of the molecule is CN(C(=O)C1(CC(=O)OC(C)(C)C)Cc2ccccc2C1)c1nc2cc(/C=C/CNC(=O)OC(C)(C)C)ccc2s1. The minimum absolute atomic E-state index is 0.000702. The van der Waals surface area contributed by atoms with Gasteiger partial charge in [0.15, 0.2) is 5.13 Å². The number of thiazole rings is 1. The van der Waals surface area contributed by atoms with Gasteiger partial charge >= 0.3 is 12.1 Å². The summed E-state index contributed by atoms with van der Waals surface area (Å²) in [4.78, 5) is 45.3. The minimum atomic E-state index is -0.937. The number of carbonyl (C=O) groups excluding carboxylic acids is 3. The number of benzene rings is 2. The van der Waals surface area contributed by atoms with Crippen molar-refractivity contribution in [1.82, 2.24) is 10.3 Å². The van der Waals surface area contributed by atoms with E-state index in [0.717, 1.165) is 26.9 Å². The Bertz CT molecular complexity index is 1450. The molecule has 8 nitrogen and oxygen atoms in total. The largest absolute Gasteiger partial charge is 0.460 e. The van der Waals surface area contributed by atoms with Crippen LogP contribution in [0.1, 0.15) is 64.7 Å². The number of nitrogens with one attached hydrogen (secondary N) is 1. The molecule has 3 aromatic rings. The summed E-state index contributed by atoms with van der Waals surface area (Å²) in [7, 11) is 1.73. The van der Waals surface area contributed by atoms with E-state index in [-0.39, 0.29) is 18.3 Å². The molecule has 0 atom stereocenters. The van der Waals surface area contributed by atoms with Gasteiger partial charge in [0.2, 0.25) is 5.91 Å². The smallest absolute Gasteiger partial charge is 0.407 e. The van der Waals surface area contributed by atoms with Gasteiger partial charge in [-0.1, -0.05) is 53.8 Å². The van der Waals surface area contributed by atoms with Crippen molar-refractivity contribution >= 4 is 50.7 Å². The first-order valence-corrected chi connectivity index (χ1v) is 14.6. The molecule has 0 bridgehead atoms. The van der Waals surface area contributed by atoms with E-state index in [1.807, 2.05) is 96.2 Å². The van der Waals surface area contributed by atoms with Crippen LogP contribution < -0.4 is 10.2 Å². The normalized spacial score (nSPS) is 14.6. The molecule has 41 heavy (non-hydrogen) atoms. The minimum Gasteiger partial charge on any atom is -0.460 e. The number of anilines is 1. The predicted molar refractivity (Wildman–Crippen MR) is 163 cm³/mol. The molecule has 0 fully saturated rings. The number of alkyl carbamates (subject to hydrolysis) is 1. The summed E-state index contributed by atoms with van der Waals surface area (Å²) >= 11 is 1.43. The number of esters is 1. The number of aromatic nitrogens is 1. The third-order valence-electron chi connectivity index (χ3n) is 6.60. The topological polar surface area (TPSA) is 97.8 Å². The number of nitrogens with zero attached hydrogens (tertiary/aromatic N) is 2. The number of ether oxygens (including phenoxy) is 2. The zero-order valence-corrected chi connectivity index (χ0v) is 25.7. The summed E-state index contributed by atoms with van der Waals surface area (Å²) in [6.45, 7) is 11.3. The summed E-state index contributed by atoms with van der Waals surface area (Å²) < 4.78 is 11.8. The molecule has 0 radical (unpaired) electrons. The third kappa shape index (κ3) is 7.73. The van der Waals surface area contributed by atoms with Crippen molar-refractivity contribution in [1.29, 1.82) is 0 Å². The van der Waals surface area contributed by atoms with Crippen molar-refractivity contribution < 1.29 is 23.9 Å². The van der Waals surface area contributed by atoms with Gasteiger partial charge in [0.05, 0.1) is 22.1 Å². The molecule has 0 unspecified atom stereocenters. The standard InChI is InChI=1S/C32H39N3O5S/c1-30(2,3)39-26(36)20-32(18-22-12-8-9-13-23(22)19-32)27(37)35(7)28-34-24-17-21(14-15-25(24)41-28)11-10-16-33-29(38)40-31(4,5)6/h8-15,17H,16,18-20H2,1-7H3,(H,33,38)/b11-10+. The fourth-order valence-corrected chi connectivity index (χ4v) is 5.88. The Balaban J connectivity index is 1.50. The van der Waals surface area contributed by atoms with Crippen LogP contribution in [0.3, 0.4) is 0 Å². The van der Waals surface area contributed by atoms with E-state index in [1.54, 1.807) is 11.9 Å². The first-order valence-electron chi connectivity index (χ1n) is 13.7. The second-order valence-electron chi connectivity index (χ2n) is 12.5. The van der Waals surface area contributed by atoms with Gasteiger partial charge in [0.1, 0.15) is 11.2 Å². The maximum Gasteiger partial charge on any atom is 0.407 e. The second-order valence-corrected chi connectivity index (χ2v) is 13.5. The van der Waals surface area contributed by atoms with E-state index < -0.39 is 22.7 Å². The summed E-state index contributed by atoms with van der Waals surface area (Å²) in [5.41, 5.74) is 1.73. The molecule has 0 spiro atoms. The van der Waals surface area contributed by atoms with Gasteiger partial charge in [-0.05, 0) is 83.2 Å². The van der Waals surface area contributed by atoms with Crippen molar-refractivity contribution in [2.75, 3.05) is 18.5 Å². The van der Waals surface area contributed by atoms with Crippen molar-refractivity contribution in [3.63, 3.8) is 0 Å². The van der Waals surface area contributed by atoms with Crippen LogP contribution >= 0.6 is 11.3 Å². The molecule has 218 valence electrons. The first kappa shape index (κ1) is 30.2. The van der Waals surface area contributed by atoms with E-state index in [4.69, 9.17) is 14.5 Å². The number of carbonyl (C=O) groups is 3. The highest BCUT2D eigenvalue weighted by Gasteiger charge is 2.48. The van der Waals surface area contributed by atoms with Crippen LogP contribution in [0, 0.1) is 5.41 Å². The molecule has 1 aliphatic carbocycles. The van der Waals surface area contributed by atoms with Crippen molar-refractivity contribution in [2.45, 2.75) is 72.0 Å². The van der Waals surface area contributed by atoms with E-state index in [2.05, 4.69) is 5.32 Å². The first-order chi connectivity index (χ1) is 19.1. The molecule has 9 heteroatoms. The highest BCUT2D eigenvalue weighted by atomic mass is 32.1. The summed E-state index contributed by atoms with van der Waals surface area (Å²) in [5, 5.41) is 3.27. The molecule has 1 N–H and O–H groups in total. The van der Waals surface area contributed by atoms with Crippen LogP contribution in [0.4, 0.5) is 9.93 Å². The molecular formula is C32H39N3O5S. The van der Waals surface area contributed by atoms with Gasteiger partial charge in [-0.25, -0.2) is 9.78 Å². The van der Waals surface area contributed by atoms with Crippen LogP contribution in [0.2, 0.25) is 0 Å². The quantitative estimate of drug-likeness (QED) is 0.330. The van der Waals surface area contributed by atoms with Crippen LogP contribution in [-0.2, 0) is 31.9 Å². The maximum absolute atomic E-state index is 14.1. The summed E-state index contributed by atoms with van der Waals surface area (Å²) in [6.07, 6.45) is 4.22. The second kappa shape index (κ2) is 11.6. The van der Waals surface area contributed by atoms with E-state index in [0.29, 0.717) is 24.5 Å². The lowest BCUT2D eigenvalue weighted by atomic mass is 9.80. The zero-order chi connectivity index (χ0) is 30.0. The lowest BCUT2D eigenvalue weighted by Gasteiger charge is -2.31. The van der Waals surface area contributed by atoms with Crippen LogP contribution in [0.5, 0.6) is 0 Å². The van der Waals surface area contributed by atoms with Gasteiger partial charge < -0.3 is 14.8 Å². The number of rotatable bonds is 7. The molecule has 0 saturated heterocycles. The Morgan fingerprint density at radius 1 is 1.00 bits per heavy atom. The average molecular weight is 578 g/mol. The van der Waals surface area contributed by atoms with Crippen molar-refractivity contribution in [3.05, 3.63) is 65.2 Å². The molecule has 0 aliphatic heterocycles. The van der Waals surface area contributed by atoms with Gasteiger partial charge in [-0.2, -0.15) is 0 Å². The van der Waals surface area contributed by atoms with E-state index in [1.165, 1.54) is 11.3 Å². The van der Waals surface area contributed by atoms with Crippen LogP contribution in [0.15, 0.2) is 48.5 Å². The molecule has 1 heterocycles. The molecule has 4 rings (SSSR count).